The highest BCUT2D eigenvalue weighted by Crippen LogP contribution is 2.26. The largest absolute Gasteiger partial charge is 0.302 e. The summed E-state index contributed by atoms with van der Waals surface area (Å²) in [6.45, 7) is 6.02. The van der Waals surface area contributed by atoms with Crippen molar-refractivity contribution in [1.29, 1.82) is 0 Å². The molecular formula is C17H21N3S. The van der Waals surface area contributed by atoms with Gasteiger partial charge in [-0.05, 0) is 25.9 Å². The molecule has 21 heavy (non-hydrogen) atoms. The summed E-state index contributed by atoms with van der Waals surface area (Å²) >= 11 is 1.80. The molecular weight excluding hydrogens is 278 g/mol. The maximum atomic E-state index is 4.85. The molecule has 3 aliphatic rings. The molecule has 3 aliphatic heterocycles. The third-order valence-electron chi connectivity index (χ3n) is 4.74. The Labute approximate surface area is 130 Å². The number of benzene rings is 1. The van der Waals surface area contributed by atoms with E-state index in [0.717, 1.165) is 18.3 Å². The molecule has 0 amide bonds. The first kappa shape index (κ1) is 13.4. The summed E-state index contributed by atoms with van der Waals surface area (Å²) in [7, 11) is 0. The lowest BCUT2D eigenvalue weighted by Gasteiger charge is -2.30. The molecule has 1 aromatic carbocycles. The first-order chi connectivity index (χ1) is 10.4. The Kier molecular flexibility index (Phi) is 3.76. The Bertz CT molecular complexity index is 587. The second kappa shape index (κ2) is 5.87. The zero-order valence-electron chi connectivity index (χ0n) is 12.2. The van der Waals surface area contributed by atoms with Crippen LogP contribution < -0.4 is 0 Å². The first-order valence-electron chi connectivity index (χ1n) is 7.85. The van der Waals surface area contributed by atoms with Crippen LogP contribution in [-0.4, -0.2) is 47.0 Å². The van der Waals surface area contributed by atoms with Crippen molar-refractivity contribution < 1.29 is 0 Å². The molecule has 0 atom stereocenters. The lowest BCUT2D eigenvalue weighted by molar-refractivity contribution is 0.176. The average molecular weight is 299 g/mol. The Morgan fingerprint density at radius 1 is 1.05 bits per heavy atom. The second-order valence-corrected chi connectivity index (χ2v) is 6.98. The highest BCUT2D eigenvalue weighted by molar-refractivity contribution is 7.09. The number of hydrogen-bond donors (Lipinski definition) is 0. The monoisotopic (exact) mass is 299 g/mol. The third kappa shape index (κ3) is 2.89. The van der Waals surface area contributed by atoms with E-state index in [1.807, 2.05) is 0 Å². The van der Waals surface area contributed by atoms with Crippen LogP contribution in [-0.2, 0) is 6.54 Å². The average Bonchev–Trinajstić information content (AvgIpc) is 2.84. The summed E-state index contributed by atoms with van der Waals surface area (Å²) in [5, 5.41) is 3.46. The molecule has 0 N–H and O–H groups in total. The highest BCUT2D eigenvalue weighted by Gasteiger charge is 2.29. The van der Waals surface area contributed by atoms with E-state index in [0.29, 0.717) is 0 Å². The van der Waals surface area contributed by atoms with E-state index in [4.69, 9.17) is 4.98 Å². The maximum Gasteiger partial charge on any atom is 0.107 e. The van der Waals surface area contributed by atoms with E-state index in [1.54, 1.807) is 11.3 Å². The van der Waals surface area contributed by atoms with Crippen molar-refractivity contribution in [3.8, 4) is 11.3 Å². The van der Waals surface area contributed by atoms with Crippen LogP contribution in [0.4, 0.5) is 0 Å². The van der Waals surface area contributed by atoms with Crippen molar-refractivity contribution in [2.45, 2.75) is 25.4 Å². The van der Waals surface area contributed by atoms with Gasteiger partial charge in [-0.1, -0.05) is 30.3 Å². The van der Waals surface area contributed by atoms with Gasteiger partial charge in [0.25, 0.3) is 0 Å². The van der Waals surface area contributed by atoms with Gasteiger partial charge in [0, 0.05) is 30.1 Å². The minimum Gasteiger partial charge on any atom is -0.302 e. The zero-order chi connectivity index (χ0) is 14.1. The lowest BCUT2D eigenvalue weighted by Crippen LogP contribution is -2.37. The summed E-state index contributed by atoms with van der Waals surface area (Å²) < 4.78 is 0. The number of hydrogen-bond acceptors (Lipinski definition) is 4. The van der Waals surface area contributed by atoms with Crippen LogP contribution >= 0.6 is 11.3 Å². The van der Waals surface area contributed by atoms with Crippen molar-refractivity contribution in [2.24, 2.45) is 0 Å². The normalized spacial score (nSPS) is 25.9. The van der Waals surface area contributed by atoms with Gasteiger partial charge in [-0.15, -0.1) is 11.3 Å². The number of nitrogens with zero attached hydrogens (tertiary/aromatic N) is 3. The van der Waals surface area contributed by atoms with Gasteiger partial charge in [-0.3, -0.25) is 4.90 Å². The lowest BCUT2D eigenvalue weighted by atomic mass is 10.1. The zero-order valence-corrected chi connectivity index (χ0v) is 13.1. The van der Waals surface area contributed by atoms with Gasteiger partial charge in [0.05, 0.1) is 12.2 Å². The maximum absolute atomic E-state index is 4.85. The fourth-order valence-electron chi connectivity index (χ4n) is 3.47. The van der Waals surface area contributed by atoms with Crippen molar-refractivity contribution in [3.05, 3.63) is 40.7 Å². The Balaban J connectivity index is 1.49. The SMILES string of the molecule is c1ccc(-c2csc(CN3CCN4CCC3CC4)n2)cc1. The van der Waals surface area contributed by atoms with E-state index >= 15 is 0 Å². The van der Waals surface area contributed by atoms with Gasteiger partial charge in [-0.2, -0.15) is 0 Å². The third-order valence-corrected chi connectivity index (χ3v) is 5.57. The van der Waals surface area contributed by atoms with E-state index < -0.39 is 0 Å². The molecule has 3 nitrogen and oxygen atoms in total. The van der Waals surface area contributed by atoms with Crippen molar-refractivity contribution in [3.63, 3.8) is 0 Å². The van der Waals surface area contributed by atoms with Gasteiger partial charge in [0.15, 0.2) is 0 Å². The van der Waals surface area contributed by atoms with Crippen molar-refractivity contribution in [1.82, 2.24) is 14.8 Å². The summed E-state index contributed by atoms with van der Waals surface area (Å²) in [4.78, 5) is 10.1. The molecule has 0 saturated carbocycles. The van der Waals surface area contributed by atoms with E-state index in [-0.39, 0.29) is 0 Å². The van der Waals surface area contributed by atoms with E-state index in [9.17, 15) is 0 Å². The van der Waals surface area contributed by atoms with Gasteiger partial charge in [-0.25, -0.2) is 4.98 Å². The van der Waals surface area contributed by atoms with E-state index in [1.165, 1.54) is 49.6 Å². The summed E-state index contributed by atoms with van der Waals surface area (Å²) in [6, 6.07) is 11.3. The van der Waals surface area contributed by atoms with Crippen molar-refractivity contribution >= 4 is 11.3 Å². The van der Waals surface area contributed by atoms with Crippen LogP contribution in [0, 0.1) is 0 Å². The van der Waals surface area contributed by atoms with E-state index in [2.05, 4.69) is 45.5 Å². The second-order valence-electron chi connectivity index (χ2n) is 6.04. The molecule has 5 rings (SSSR count). The summed E-state index contributed by atoms with van der Waals surface area (Å²) in [5.74, 6) is 0. The summed E-state index contributed by atoms with van der Waals surface area (Å²) in [6.07, 6.45) is 2.66. The number of aromatic nitrogens is 1. The predicted molar refractivity (Wildman–Crippen MR) is 87.4 cm³/mol. The highest BCUT2D eigenvalue weighted by atomic mass is 32.1. The van der Waals surface area contributed by atoms with Gasteiger partial charge >= 0.3 is 0 Å². The molecule has 4 heterocycles. The van der Waals surface area contributed by atoms with Crippen LogP contribution in [0.2, 0.25) is 0 Å². The smallest absolute Gasteiger partial charge is 0.107 e. The van der Waals surface area contributed by atoms with Crippen molar-refractivity contribution in [2.75, 3.05) is 26.2 Å². The van der Waals surface area contributed by atoms with Crippen LogP contribution in [0.15, 0.2) is 35.7 Å². The molecule has 0 spiro atoms. The Hall–Kier alpha value is -1.23. The standard InChI is InChI=1S/C17H21N3S/c1-2-4-14(5-3-1)16-13-21-17(18-16)12-20-11-10-19-8-6-15(20)7-9-19/h1-5,13,15H,6-12H2. The quantitative estimate of drug-likeness (QED) is 0.868. The number of rotatable bonds is 3. The molecule has 110 valence electrons. The fourth-order valence-corrected chi connectivity index (χ4v) is 4.30. The minimum absolute atomic E-state index is 0.771. The minimum atomic E-state index is 0.771. The Morgan fingerprint density at radius 3 is 2.67 bits per heavy atom. The van der Waals surface area contributed by atoms with Crippen LogP contribution in [0.1, 0.15) is 17.8 Å². The molecule has 0 radical (unpaired) electrons. The summed E-state index contributed by atoms with van der Waals surface area (Å²) in [5.41, 5.74) is 2.35. The van der Waals surface area contributed by atoms with Crippen LogP contribution in [0.3, 0.4) is 0 Å². The Morgan fingerprint density at radius 2 is 1.86 bits per heavy atom. The molecule has 3 saturated heterocycles. The molecule has 2 aromatic rings. The number of thiazole rings is 1. The number of fused-ring (bicyclic) bond motifs is 4. The van der Waals surface area contributed by atoms with Gasteiger partial charge in [0.2, 0.25) is 0 Å². The molecule has 2 bridgehead atoms. The molecule has 0 unspecified atom stereocenters. The number of piperidine rings is 1. The van der Waals surface area contributed by atoms with Gasteiger partial charge in [0.1, 0.15) is 5.01 Å². The topological polar surface area (TPSA) is 19.4 Å². The van der Waals surface area contributed by atoms with Gasteiger partial charge < -0.3 is 4.90 Å². The molecule has 0 aliphatic carbocycles. The molecule has 3 fully saturated rings. The van der Waals surface area contributed by atoms with Crippen LogP contribution in [0.25, 0.3) is 11.3 Å². The molecule has 4 heteroatoms. The van der Waals surface area contributed by atoms with Crippen LogP contribution in [0.5, 0.6) is 0 Å². The first-order valence-corrected chi connectivity index (χ1v) is 8.73. The molecule has 1 aromatic heterocycles. The fraction of sp³-hybridized carbons (Fsp3) is 0.471. The predicted octanol–water partition coefficient (Wildman–Crippen LogP) is 3.09.